The zero-order valence-electron chi connectivity index (χ0n) is 8.66. The summed E-state index contributed by atoms with van der Waals surface area (Å²) in [5, 5.41) is 6.43. The lowest BCUT2D eigenvalue weighted by Crippen LogP contribution is -2.41. The molecule has 0 aromatic heterocycles. The largest absolute Gasteiger partial charge is 0.353 e. The highest BCUT2D eigenvalue weighted by Gasteiger charge is 2.05. The van der Waals surface area contributed by atoms with Crippen LogP contribution in [-0.4, -0.2) is 19.0 Å². The molecule has 0 radical (unpaired) electrons. The standard InChI is InChI=1S/C12H15N3/c1-10-7-13-12(14-8-10)15-9-11-5-3-2-4-6-11/h2-6H,1,7-9H2,(H2,13,14,15). The van der Waals surface area contributed by atoms with Gasteiger partial charge in [-0.15, -0.1) is 0 Å². The van der Waals surface area contributed by atoms with Crippen molar-refractivity contribution < 1.29 is 0 Å². The molecule has 0 amide bonds. The number of nitrogens with zero attached hydrogens (tertiary/aromatic N) is 1. The van der Waals surface area contributed by atoms with Gasteiger partial charge >= 0.3 is 0 Å². The molecule has 0 saturated heterocycles. The summed E-state index contributed by atoms with van der Waals surface area (Å²) in [7, 11) is 0. The molecular formula is C12H15N3. The molecule has 3 nitrogen and oxygen atoms in total. The Morgan fingerprint density at radius 1 is 1.33 bits per heavy atom. The Morgan fingerprint density at radius 3 is 2.80 bits per heavy atom. The zero-order valence-corrected chi connectivity index (χ0v) is 8.66. The third-order valence-electron chi connectivity index (χ3n) is 2.27. The number of benzene rings is 1. The molecule has 0 fully saturated rings. The summed E-state index contributed by atoms with van der Waals surface area (Å²) < 4.78 is 0. The molecule has 1 aliphatic rings. The lowest BCUT2D eigenvalue weighted by molar-refractivity contribution is 0.794. The maximum atomic E-state index is 4.32. The summed E-state index contributed by atoms with van der Waals surface area (Å²) in [6.07, 6.45) is 0. The van der Waals surface area contributed by atoms with Crippen molar-refractivity contribution in [3.05, 3.63) is 48.0 Å². The number of nitrogens with one attached hydrogen (secondary N) is 2. The monoisotopic (exact) mass is 201 g/mol. The van der Waals surface area contributed by atoms with Crippen LogP contribution in [0.3, 0.4) is 0 Å². The molecule has 1 aromatic rings. The van der Waals surface area contributed by atoms with Crippen LogP contribution in [0.5, 0.6) is 0 Å². The first-order chi connectivity index (χ1) is 7.34. The maximum Gasteiger partial charge on any atom is 0.192 e. The van der Waals surface area contributed by atoms with Gasteiger partial charge < -0.3 is 10.6 Å². The highest BCUT2D eigenvalue weighted by molar-refractivity contribution is 5.81. The van der Waals surface area contributed by atoms with Gasteiger partial charge in [0.1, 0.15) is 0 Å². The number of rotatable bonds is 2. The minimum Gasteiger partial charge on any atom is -0.353 e. The number of hydrogen-bond acceptors (Lipinski definition) is 3. The van der Waals surface area contributed by atoms with Crippen LogP contribution in [0.1, 0.15) is 5.56 Å². The second-order valence-corrected chi connectivity index (χ2v) is 3.61. The zero-order chi connectivity index (χ0) is 10.5. The van der Waals surface area contributed by atoms with Gasteiger partial charge in [0.15, 0.2) is 5.96 Å². The Morgan fingerprint density at radius 2 is 2.13 bits per heavy atom. The molecule has 3 heteroatoms. The minimum absolute atomic E-state index is 0.726. The topological polar surface area (TPSA) is 36.4 Å². The van der Waals surface area contributed by atoms with Crippen molar-refractivity contribution in [3.8, 4) is 0 Å². The van der Waals surface area contributed by atoms with Gasteiger partial charge in [-0.3, -0.25) is 0 Å². The Hall–Kier alpha value is -1.77. The van der Waals surface area contributed by atoms with E-state index in [1.54, 1.807) is 0 Å². The van der Waals surface area contributed by atoms with E-state index in [4.69, 9.17) is 0 Å². The van der Waals surface area contributed by atoms with E-state index in [1.807, 2.05) is 18.2 Å². The summed E-state index contributed by atoms with van der Waals surface area (Å²) in [5.74, 6) is 0.867. The van der Waals surface area contributed by atoms with E-state index in [0.717, 1.165) is 31.2 Å². The molecule has 0 bridgehead atoms. The minimum atomic E-state index is 0.726. The van der Waals surface area contributed by atoms with Crippen LogP contribution >= 0.6 is 0 Å². The van der Waals surface area contributed by atoms with E-state index in [2.05, 4.69) is 34.3 Å². The summed E-state index contributed by atoms with van der Waals surface area (Å²) >= 11 is 0. The average molecular weight is 201 g/mol. The first-order valence-electron chi connectivity index (χ1n) is 5.07. The molecule has 2 rings (SSSR count). The molecule has 15 heavy (non-hydrogen) atoms. The molecule has 78 valence electrons. The van der Waals surface area contributed by atoms with Crippen molar-refractivity contribution in [2.24, 2.45) is 4.99 Å². The lowest BCUT2D eigenvalue weighted by Gasteiger charge is -2.17. The fourth-order valence-electron chi connectivity index (χ4n) is 1.41. The Kier molecular flexibility index (Phi) is 3.02. The van der Waals surface area contributed by atoms with Crippen molar-refractivity contribution in [2.45, 2.75) is 6.54 Å². The van der Waals surface area contributed by atoms with E-state index < -0.39 is 0 Å². The second-order valence-electron chi connectivity index (χ2n) is 3.61. The number of hydrogen-bond donors (Lipinski definition) is 2. The van der Waals surface area contributed by atoms with Gasteiger partial charge in [-0.2, -0.15) is 0 Å². The van der Waals surface area contributed by atoms with Crippen molar-refractivity contribution in [2.75, 3.05) is 13.1 Å². The van der Waals surface area contributed by atoms with Gasteiger partial charge in [0.2, 0.25) is 0 Å². The molecule has 1 aliphatic heterocycles. The normalized spacial score (nSPS) is 15.5. The van der Waals surface area contributed by atoms with Crippen molar-refractivity contribution >= 4 is 5.96 Å². The fourth-order valence-corrected chi connectivity index (χ4v) is 1.41. The van der Waals surface area contributed by atoms with Gasteiger partial charge in [-0.25, -0.2) is 4.99 Å². The first-order valence-corrected chi connectivity index (χ1v) is 5.07. The third kappa shape index (κ3) is 2.84. The van der Waals surface area contributed by atoms with E-state index >= 15 is 0 Å². The van der Waals surface area contributed by atoms with Crippen LogP contribution in [0, 0.1) is 0 Å². The van der Waals surface area contributed by atoms with Crippen LogP contribution in [0.15, 0.2) is 47.5 Å². The highest BCUT2D eigenvalue weighted by Crippen LogP contribution is 1.98. The number of aliphatic imine (C=N–C) groups is 1. The number of guanidine groups is 1. The lowest BCUT2D eigenvalue weighted by atomic mass is 10.2. The van der Waals surface area contributed by atoms with Crippen molar-refractivity contribution in [1.29, 1.82) is 0 Å². The molecule has 0 saturated carbocycles. The molecule has 1 heterocycles. The quantitative estimate of drug-likeness (QED) is 0.707. The van der Waals surface area contributed by atoms with Gasteiger partial charge in [0.25, 0.3) is 0 Å². The summed E-state index contributed by atoms with van der Waals surface area (Å²) in [5.41, 5.74) is 2.38. The van der Waals surface area contributed by atoms with E-state index in [0.29, 0.717) is 0 Å². The van der Waals surface area contributed by atoms with Crippen LogP contribution in [0.4, 0.5) is 0 Å². The van der Waals surface area contributed by atoms with Gasteiger partial charge in [0, 0.05) is 13.1 Å². The van der Waals surface area contributed by atoms with Crippen molar-refractivity contribution in [1.82, 2.24) is 10.6 Å². The first kappa shape index (κ1) is 9.77. The maximum absolute atomic E-state index is 4.32. The smallest absolute Gasteiger partial charge is 0.192 e. The Labute approximate surface area is 89.9 Å². The van der Waals surface area contributed by atoms with E-state index in [-0.39, 0.29) is 0 Å². The summed E-state index contributed by atoms with van der Waals surface area (Å²) in [4.78, 5) is 4.32. The van der Waals surface area contributed by atoms with E-state index in [1.165, 1.54) is 5.56 Å². The van der Waals surface area contributed by atoms with Crippen LogP contribution < -0.4 is 10.6 Å². The van der Waals surface area contributed by atoms with Gasteiger partial charge in [-0.05, 0) is 11.1 Å². The summed E-state index contributed by atoms with van der Waals surface area (Å²) in [6.45, 7) is 6.22. The molecule has 2 N–H and O–H groups in total. The molecule has 0 unspecified atom stereocenters. The molecular weight excluding hydrogens is 186 g/mol. The van der Waals surface area contributed by atoms with Crippen LogP contribution in [0.2, 0.25) is 0 Å². The third-order valence-corrected chi connectivity index (χ3v) is 2.27. The molecule has 0 aliphatic carbocycles. The highest BCUT2D eigenvalue weighted by atomic mass is 15.2. The Balaban J connectivity index is 1.86. The molecule has 1 aromatic carbocycles. The molecule has 0 spiro atoms. The second kappa shape index (κ2) is 4.64. The predicted octanol–water partition coefficient (Wildman–Crippen LogP) is 1.29. The SMILES string of the molecule is C=C1CN=C(NCc2ccccc2)NC1. The average Bonchev–Trinajstić information content (AvgIpc) is 2.30. The van der Waals surface area contributed by atoms with Gasteiger partial charge in [-0.1, -0.05) is 36.9 Å². The van der Waals surface area contributed by atoms with Gasteiger partial charge in [0.05, 0.1) is 6.54 Å². The predicted molar refractivity (Wildman–Crippen MR) is 62.7 cm³/mol. The van der Waals surface area contributed by atoms with Crippen molar-refractivity contribution in [3.63, 3.8) is 0 Å². The van der Waals surface area contributed by atoms with Crippen LogP contribution in [-0.2, 0) is 6.54 Å². The fraction of sp³-hybridized carbons (Fsp3) is 0.250. The summed E-state index contributed by atoms with van der Waals surface area (Å²) in [6, 6.07) is 10.3. The molecule has 0 atom stereocenters. The van der Waals surface area contributed by atoms with E-state index in [9.17, 15) is 0 Å². The van der Waals surface area contributed by atoms with Crippen LogP contribution in [0.25, 0.3) is 0 Å². The Bertz CT molecular complexity index is 368.